The van der Waals surface area contributed by atoms with Crippen molar-refractivity contribution in [3.8, 4) is 0 Å². The minimum absolute atomic E-state index is 0.340. The first kappa shape index (κ1) is 111. The molecule has 0 aromatic heterocycles. The van der Waals surface area contributed by atoms with Crippen LogP contribution in [0.25, 0.3) is 86.2 Å². The van der Waals surface area contributed by atoms with Gasteiger partial charge in [0.05, 0.1) is 0 Å². The Labute approximate surface area is 752 Å². The summed E-state index contributed by atoms with van der Waals surface area (Å²) in [4.78, 5) is 0. The number of hydrogen-bond donors (Lipinski definition) is 1. The standard InChI is InChI=1S/3C18H18.2C14H16.2C10H14.C4H4F6O.6C2H6/c1-3-13(2)18-16-10-6-4-8-14(16)12-15-9-5-7-11-17(15)18;1-3-13(2)14-8-9-17-11-15-6-4-5-7-16(15)12-18(17)10-14;1-3-13(2)16-11-10-15-9-8-14-6-4-5-7-17(14)18(15)12-16;1-3-11(2)13-10-6-8-12-7-4-5-9-14(12)13;1-3-11(2)13-9-8-12-6-4-5-7-14(12)10-13;2*1-3-9(2)10-7-5-4-6-8-10;1-2(11,3(5,6)7)4(8,9)10;6*1-2/h3*4-13H,3H2,1-2H3;2*4-11H,3H2,1-2H3;2*4-9H,3H2,1-2H3;11H,1H3;6*1-2H3. The van der Waals surface area contributed by atoms with E-state index in [9.17, 15) is 26.3 Å². The summed E-state index contributed by atoms with van der Waals surface area (Å²) in [6.07, 6.45) is -2.95. The van der Waals surface area contributed by atoms with Crippen molar-refractivity contribution in [3.05, 3.63) is 348 Å². The Morgan fingerprint density at radius 2 is 0.456 bits per heavy atom. The summed E-state index contributed by atoms with van der Waals surface area (Å²) in [5.41, 5.74) is 5.60. The second-order valence-electron chi connectivity index (χ2n) is 30.5. The van der Waals surface area contributed by atoms with Gasteiger partial charge in [0.1, 0.15) is 0 Å². The molecule has 0 aliphatic heterocycles. The highest BCUT2D eigenvalue weighted by Crippen LogP contribution is 2.43. The summed E-state index contributed by atoms with van der Waals surface area (Å²) in [6, 6.07) is 112. The molecule has 7 unspecified atom stereocenters. The van der Waals surface area contributed by atoms with Crippen LogP contribution in [-0.4, -0.2) is 23.1 Å². The summed E-state index contributed by atoms with van der Waals surface area (Å²) in [5.74, 6) is 4.61. The van der Waals surface area contributed by atoms with E-state index >= 15 is 0 Å². The van der Waals surface area contributed by atoms with E-state index in [4.69, 9.17) is 5.11 Å². The van der Waals surface area contributed by atoms with E-state index in [1.807, 2.05) is 83.1 Å². The fourth-order valence-electron chi connectivity index (χ4n) is 13.7. The van der Waals surface area contributed by atoms with Gasteiger partial charge in [0, 0.05) is 0 Å². The van der Waals surface area contributed by atoms with Crippen LogP contribution < -0.4 is 0 Å². The molecule has 674 valence electrons. The molecule has 125 heavy (non-hydrogen) atoms. The van der Waals surface area contributed by atoms with Crippen LogP contribution in [0.15, 0.2) is 309 Å². The maximum absolute atomic E-state index is 11.4. The van der Waals surface area contributed by atoms with Crippen LogP contribution in [0, 0.1) is 0 Å². The monoisotopic (exact) mass is 1700 g/mol. The maximum Gasteiger partial charge on any atom is 0.425 e. The normalized spacial score (nSPS) is 12.2. The van der Waals surface area contributed by atoms with Gasteiger partial charge < -0.3 is 5.11 Å². The minimum Gasteiger partial charge on any atom is -0.374 e. The Morgan fingerprint density at radius 3 is 0.840 bits per heavy atom. The van der Waals surface area contributed by atoms with Crippen molar-refractivity contribution < 1.29 is 31.4 Å². The largest absolute Gasteiger partial charge is 0.425 e. The first-order valence-corrected chi connectivity index (χ1v) is 46.9. The van der Waals surface area contributed by atoms with Gasteiger partial charge in [-0.15, -0.1) is 0 Å². The van der Waals surface area contributed by atoms with E-state index in [2.05, 4.69) is 406 Å². The second kappa shape index (κ2) is 59.8. The molecule has 0 fully saturated rings. The van der Waals surface area contributed by atoms with Gasteiger partial charge in [-0.2, -0.15) is 26.3 Å². The predicted molar refractivity (Wildman–Crippen MR) is 547 cm³/mol. The van der Waals surface area contributed by atoms with Crippen molar-refractivity contribution in [1.82, 2.24) is 0 Å². The summed E-state index contributed by atoms with van der Waals surface area (Å²) >= 11 is 0. The number of rotatable bonds is 14. The van der Waals surface area contributed by atoms with Gasteiger partial charge in [-0.05, 0) is 237 Å². The van der Waals surface area contributed by atoms with Crippen molar-refractivity contribution in [2.45, 2.75) is 291 Å². The van der Waals surface area contributed by atoms with Crippen LogP contribution in [0.4, 0.5) is 26.3 Å². The Kier molecular flexibility index (Phi) is 53.1. The number of alkyl halides is 6. The van der Waals surface area contributed by atoms with Gasteiger partial charge in [0.15, 0.2) is 0 Å². The molecule has 0 amide bonds. The van der Waals surface area contributed by atoms with E-state index < -0.39 is 18.0 Å². The van der Waals surface area contributed by atoms with Gasteiger partial charge >= 0.3 is 12.4 Å². The zero-order valence-electron chi connectivity index (χ0n) is 81.2. The van der Waals surface area contributed by atoms with Crippen LogP contribution in [0.1, 0.15) is 312 Å². The molecule has 0 saturated carbocycles. The summed E-state index contributed by atoms with van der Waals surface area (Å²) in [6.45, 7) is 55.3. The molecule has 15 aromatic rings. The van der Waals surface area contributed by atoms with Crippen molar-refractivity contribution >= 4 is 86.2 Å². The summed E-state index contributed by atoms with van der Waals surface area (Å²) in [5, 5.41) is 29.6. The van der Waals surface area contributed by atoms with Crippen LogP contribution >= 0.6 is 0 Å². The molecule has 0 radical (unpaired) electrons. The van der Waals surface area contributed by atoms with E-state index in [1.54, 1.807) is 0 Å². The number of halogens is 6. The lowest BCUT2D eigenvalue weighted by molar-refractivity contribution is -0.360. The molecule has 15 rings (SSSR count). The second-order valence-corrected chi connectivity index (χ2v) is 30.5. The highest BCUT2D eigenvalue weighted by atomic mass is 19.4. The Balaban J connectivity index is 0.000000479. The molecule has 0 saturated heterocycles. The van der Waals surface area contributed by atoms with Crippen molar-refractivity contribution in [3.63, 3.8) is 0 Å². The van der Waals surface area contributed by atoms with Gasteiger partial charge in [-0.3, -0.25) is 0 Å². The van der Waals surface area contributed by atoms with Crippen LogP contribution in [-0.2, 0) is 0 Å². The molecule has 7 heteroatoms. The number of hydrogen-bond acceptors (Lipinski definition) is 1. The van der Waals surface area contributed by atoms with Crippen molar-refractivity contribution in [2.24, 2.45) is 0 Å². The van der Waals surface area contributed by atoms with Crippen molar-refractivity contribution in [2.75, 3.05) is 0 Å². The smallest absolute Gasteiger partial charge is 0.374 e. The number of fused-ring (bicyclic) bond motifs is 9. The molecule has 0 aliphatic rings. The maximum atomic E-state index is 11.4. The van der Waals surface area contributed by atoms with Crippen LogP contribution in [0.3, 0.4) is 0 Å². The van der Waals surface area contributed by atoms with Gasteiger partial charge in [0.25, 0.3) is 5.60 Å². The molecule has 0 heterocycles. The lowest BCUT2D eigenvalue weighted by atomic mass is 9.88. The van der Waals surface area contributed by atoms with E-state index in [0.29, 0.717) is 41.4 Å². The van der Waals surface area contributed by atoms with Gasteiger partial charge in [-0.25, -0.2) is 0 Å². The lowest BCUT2D eigenvalue weighted by Gasteiger charge is -2.28. The van der Waals surface area contributed by atoms with E-state index in [-0.39, 0.29) is 6.92 Å². The molecule has 7 atom stereocenters. The first-order chi connectivity index (χ1) is 60.2. The first-order valence-electron chi connectivity index (χ1n) is 46.9. The fraction of sp³-hybridized carbons (Fsp3) is 0.373. The molecule has 1 nitrogen and oxygen atoms in total. The van der Waals surface area contributed by atoms with Crippen molar-refractivity contribution in [1.29, 1.82) is 0 Å². The average Bonchev–Trinajstić information content (AvgIpc) is 0.772. The zero-order valence-corrected chi connectivity index (χ0v) is 81.2. The highest BCUT2D eigenvalue weighted by molar-refractivity contribution is 6.08. The molecule has 0 aliphatic carbocycles. The third kappa shape index (κ3) is 33.7. The number of benzene rings is 15. The molecular formula is C118H154F6O. The SMILES string of the molecule is CC.CC.CC.CC.CC.CC.CC(O)(C(F)(F)F)C(F)(F)F.CCC(C)c1c2ccccc2cc2ccccc12.CCC(C)c1ccc2cc3ccccc3cc2c1.CCC(C)c1ccc2ccc3ccccc3c2c1.CCC(C)c1ccc2ccccc2c1.CCC(C)c1cccc2ccccc12.CCC(C)c1ccccc1.CCC(C)c1ccccc1. The third-order valence-corrected chi connectivity index (χ3v) is 22.8. The Morgan fingerprint density at radius 1 is 0.208 bits per heavy atom. The molecule has 1 N–H and O–H groups in total. The average molecular weight is 1700 g/mol. The highest BCUT2D eigenvalue weighted by Gasteiger charge is 2.67. The lowest BCUT2D eigenvalue weighted by Crippen LogP contribution is -2.54. The Hall–Kier alpha value is -10.1. The Bertz CT molecular complexity index is 5250. The topological polar surface area (TPSA) is 20.2 Å². The van der Waals surface area contributed by atoms with E-state index in [1.165, 1.54) is 170 Å². The molecule has 0 bridgehead atoms. The van der Waals surface area contributed by atoms with Crippen LogP contribution in [0.5, 0.6) is 0 Å². The molecule has 15 aromatic carbocycles. The molecular weight excluding hydrogens is 1550 g/mol. The molecule has 0 spiro atoms. The summed E-state index contributed by atoms with van der Waals surface area (Å²) in [7, 11) is 0. The summed E-state index contributed by atoms with van der Waals surface area (Å²) < 4.78 is 68.2. The minimum atomic E-state index is -5.69. The van der Waals surface area contributed by atoms with Crippen LogP contribution in [0.2, 0.25) is 0 Å². The van der Waals surface area contributed by atoms with Gasteiger partial charge in [-0.1, -0.05) is 471 Å². The van der Waals surface area contributed by atoms with Gasteiger partial charge in [0.2, 0.25) is 0 Å². The third-order valence-electron chi connectivity index (χ3n) is 22.8. The zero-order chi connectivity index (χ0) is 93.8. The fourth-order valence-corrected chi connectivity index (χ4v) is 13.7. The number of aliphatic hydroxyl groups is 1. The van der Waals surface area contributed by atoms with E-state index in [0.717, 1.165) is 0 Å². The quantitative estimate of drug-likeness (QED) is 0.0654. The predicted octanol–water partition coefficient (Wildman–Crippen LogP) is 39.6.